The third-order valence-electron chi connectivity index (χ3n) is 16.6. The van der Waals surface area contributed by atoms with Crippen LogP contribution in [0.3, 0.4) is 0 Å². The molecule has 12 unspecified atom stereocenters. The highest BCUT2D eigenvalue weighted by Gasteiger charge is 2.65. The zero-order chi connectivity index (χ0) is 45.7. The Kier molecular flexibility index (Phi) is 13.2. The fourth-order valence-corrected chi connectivity index (χ4v) is 13.4. The molecule has 6 aliphatic rings. The van der Waals surface area contributed by atoms with Gasteiger partial charge in [-0.15, -0.1) is 0 Å². The van der Waals surface area contributed by atoms with Gasteiger partial charge in [-0.3, -0.25) is 9.59 Å². The predicted molar refractivity (Wildman–Crippen MR) is 251 cm³/mol. The molecule has 0 saturated heterocycles. The molecule has 4 fully saturated rings. The van der Waals surface area contributed by atoms with E-state index in [1.807, 2.05) is 6.92 Å². The molecule has 1 heterocycles. The SMILES string of the molecule is CC(CCCCNC(=S)Nc1ccc(-c2c3ccc(=O)cc-3oc3cc(O)ccc23)c(C(=O)O)c1)NC(=O)CCC(C)C1CCC2C3C(O)CC4CC(O)CCC4(C)C3CC(O)C12C. The van der Waals surface area contributed by atoms with Crippen LogP contribution in [-0.4, -0.2) is 73.4 Å². The molecule has 2 aromatic carbocycles. The van der Waals surface area contributed by atoms with Crippen LogP contribution in [0.4, 0.5) is 5.69 Å². The number of hydrogen-bond donors (Lipinski definition) is 8. The lowest BCUT2D eigenvalue weighted by molar-refractivity contribution is -0.207. The van der Waals surface area contributed by atoms with Gasteiger partial charge in [0.1, 0.15) is 17.1 Å². The van der Waals surface area contributed by atoms with Gasteiger partial charge >= 0.3 is 5.97 Å². The fraction of sp³-hybridized carbons (Fsp3) is 0.569. The van der Waals surface area contributed by atoms with E-state index in [2.05, 4.69) is 36.7 Å². The normalized spacial score (nSPS) is 30.7. The monoisotopic (exact) mass is 895 g/mol. The first-order valence-corrected chi connectivity index (χ1v) is 23.8. The first kappa shape index (κ1) is 46.0. The summed E-state index contributed by atoms with van der Waals surface area (Å²) in [5.74, 6) is 0.687. The molecule has 2 aromatic rings. The van der Waals surface area contributed by atoms with Crippen molar-refractivity contribution in [3.05, 3.63) is 70.4 Å². The number of aliphatic hydroxyl groups excluding tert-OH is 3. The number of thiocarbonyl (C=S) groups is 1. The highest BCUT2D eigenvalue weighted by Crippen LogP contribution is 2.68. The summed E-state index contributed by atoms with van der Waals surface area (Å²) in [5.41, 5.74) is 1.85. The maximum absolute atomic E-state index is 13.2. The van der Waals surface area contributed by atoms with Crippen LogP contribution in [0, 0.1) is 46.3 Å². The van der Waals surface area contributed by atoms with Gasteiger partial charge in [-0.2, -0.15) is 0 Å². The van der Waals surface area contributed by atoms with Gasteiger partial charge in [0.05, 0.1) is 23.9 Å². The van der Waals surface area contributed by atoms with E-state index in [1.165, 1.54) is 30.3 Å². The second kappa shape index (κ2) is 18.4. The summed E-state index contributed by atoms with van der Waals surface area (Å²) >= 11 is 5.55. The number of carboxylic acid groups (broad SMARTS) is 1. The van der Waals surface area contributed by atoms with Crippen LogP contribution in [-0.2, 0) is 4.79 Å². The number of benzene rings is 3. The lowest BCUT2D eigenvalue weighted by Crippen LogP contribution is -2.62. The third-order valence-corrected chi connectivity index (χ3v) is 16.8. The number of fused-ring (bicyclic) bond motifs is 7. The maximum Gasteiger partial charge on any atom is 0.336 e. The molecule has 13 heteroatoms. The van der Waals surface area contributed by atoms with Gasteiger partial charge in [-0.05, 0) is 178 Å². The number of hydrogen-bond acceptors (Lipinski definition) is 9. The number of phenols is 1. The minimum absolute atomic E-state index is 0.00534. The standard InChI is InChI=1S/C51H65N3O9S/c1-27(38-15-16-39-47-40(26-44(59)51(38,39)4)50(3)19-18-33(57)21-29(50)22-41(47)58)8-17-45(60)53-28(2)7-5-6-20-52-49(64)54-30-9-12-34(37(23-30)48(61)62)46-35-13-10-31(55)24-42(35)63-43-25-32(56)11-14-36(43)46/h9-14,23-25,27-29,33,38-41,44,47,55,57-59H,5-8,15-22,26H2,1-4H3,(H,53,60)(H,61,62)(H2,52,54,64). The van der Waals surface area contributed by atoms with E-state index in [4.69, 9.17) is 16.6 Å². The Morgan fingerprint density at radius 2 is 1.69 bits per heavy atom. The van der Waals surface area contributed by atoms with Crippen molar-refractivity contribution < 1.29 is 39.5 Å². The van der Waals surface area contributed by atoms with Crippen LogP contribution >= 0.6 is 12.2 Å². The van der Waals surface area contributed by atoms with Crippen molar-refractivity contribution in [1.82, 2.24) is 10.6 Å². The average Bonchev–Trinajstić information content (AvgIpc) is 3.61. The zero-order valence-electron chi connectivity index (χ0n) is 37.4. The molecule has 8 N–H and O–H groups in total. The summed E-state index contributed by atoms with van der Waals surface area (Å²) in [6.07, 6.45) is 8.51. The smallest absolute Gasteiger partial charge is 0.336 e. The Bertz CT molecular complexity index is 2420. The van der Waals surface area contributed by atoms with Gasteiger partial charge in [0.2, 0.25) is 5.91 Å². The quantitative estimate of drug-likeness (QED) is 0.0363. The van der Waals surface area contributed by atoms with Gasteiger partial charge in [-0.1, -0.05) is 26.8 Å². The minimum atomic E-state index is -1.15. The number of nitrogens with one attached hydrogen (secondary N) is 3. The first-order chi connectivity index (χ1) is 30.5. The lowest BCUT2D eigenvalue weighted by atomic mass is 9.43. The van der Waals surface area contributed by atoms with Crippen molar-refractivity contribution in [3.63, 3.8) is 0 Å². The number of aliphatic hydroxyl groups is 3. The molecule has 5 aliphatic carbocycles. The number of amides is 1. The molecule has 0 radical (unpaired) electrons. The summed E-state index contributed by atoms with van der Waals surface area (Å²) in [6.45, 7) is 9.47. The summed E-state index contributed by atoms with van der Waals surface area (Å²) in [5, 5.41) is 64.8. The summed E-state index contributed by atoms with van der Waals surface area (Å²) < 4.78 is 5.93. The Labute approximate surface area is 380 Å². The lowest BCUT2D eigenvalue weighted by Gasteiger charge is -2.63. The number of carboxylic acids is 1. The van der Waals surface area contributed by atoms with Gasteiger partial charge < -0.3 is 45.9 Å². The molecule has 64 heavy (non-hydrogen) atoms. The Hall–Kier alpha value is -4.56. The molecule has 0 spiro atoms. The van der Waals surface area contributed by atoms with Crippen LogP contribution in [0.5, 0.6) is 5.75 Å². The van der Waals surface area contributed by atoms with Crippen molar-refractivity contribution in [2.45, 2.75) is 129 Å². The van der Waals surface area contributed by atoms with E-state index in [1.54, 1.807) is 24.3 Å². The molecular formula is C51H65N3O9S. The average molecular weight is 896 g/mol. The van der Waals surface area contributed by atoms with Crippen LogP contribution in [0.25, 0.3) is 33.4 Å². The predicted octanol–water partition coefficient (Wildman–Crippen LogP) is 8.31. The second-order valence-electron chi connectivity index (χ2n) is 20.3. The third kappa shape index (κ3) is 8.77. The van der Waals surface area contributed by atoms with Crippen LogP contribution in [0.1, 0.15) is 115 Å². The van der Waals surface area contributed by atoms with E-state index >= 15 is 0 Å². The van der Waals surface area contributed by atoms with Crippen LogP contribution in [0.2, 0.25) is 0 Å². The molecule has 12 nitrogen and oxygen atoms in total. The topological polar surface area (TPSA) is 202 Å². The highest BCUT2D eigenvalue weighted by molar-refractivity contribution is 7.80. The molecule has 0 bridgehead atoms. The fourth-order valence-electron chi connectivity index (χ4n) is 13.2. The van der Waals surface area contributed by atoms with Crippen molar-refractivity contribution in [1.29, 1.82) is 0 Å². The number of carbonyl (C=O) groups is 2. The Balaban J connectivity index is 0.789. The van der Waals surface area contributed by atoms with Crippen molar-refractivity contribution in [3.8, 4) is 28.2 Å². The molecule has 1 aliphatic heterocycles. The number of rotatable bonds is 13. The summed E-state index contributed by atoms with van der Waals surface area (Å²) in [7, 11) is 0. The molecule has 1 amide bonds. The van der Waals surface area contributed by atoms with E-state index in [-0.39, 0.29) is 81.0 Å². The van der Waals surface area contributed by atoms with Gasteiger partial charge in [0.15, 0.2) is 10.5 Å². The molecule has 344 valence electrons. The van der Waals surface area contributed by atoms with Crippen LogP contribution in [0.15, 0.2) is 63.8 Å². The number of carbonyl (C=O) groups excluding carboxylic acids is 1. The summed E-state index contributed by atoms with van der Waals surface area (Å²) in [4.78, 5) is 38.0. The number of aromatic carboxylic acids is 1. The summed E-state index contributed by atoms with van der Waals surface area (Å²) in [6, 6.07) is 13.9. The zero-order valence-corrected chi connectivity index (χ0v) is 38.3. The second-order valence-corrected chi connectivity index (χ2v) is 20.7. The Morgan fingerprint density at radius 1 is 0.906 bits per heavy atom. The largest absolute Gasteiger partial charge is 0.508 e. The van der Waals surface area contributed by atoms with E-state index in [0.717, 1.165) is 64.2 Å². The van der Waals surface area contributed by atoms with Gasteiger partial charge in [-0.25, -0.2) is 4.79 Å². The minimum Gasteiger partial charge on any atom is -0.508 e. The van der Waals surface area contributed by atoms with Crippen molar-refractivity contribution in [2.75, 3.05) is 11.9 Å². The van der Waals surface area contributed by atoms with Crippen LogP contribution < -0.4 is 21.4 Å². The highest BCUT2D eigenvalue weighted by atomic mass is 32.1. The maximum atomic E-state index is 13.2. The first-order valence-electron chi connectivity index (χ1n) is 23.4. The number of anilines is 1. The number of phenolic OH excluding ortho intramolecular Hbond substituents is 1. The molecule has 8 rings (SSSR count). The van der Waals surface area contributed by atoms with Gasteiger partial charge in [0.25, 0.3) is 0 Å². The molecule has 0 aromatic heterocycles. The van der Waals surface area contributed by atoms with E-state index in [9.17, 15) is 39.9 Å². The van der Waals surface area contributed by atoms with E-state index in [0.29, 0.717) is 63.8 Å². The van der Waals surface area contributed by atoms with E-state index < -0.39 is 18.2 Å². The number of unbranched alkanes of at least 4 members (excludes halogenated alkanes) is 1. The molecular weight excluding hydrogens is 831 g/mol. The molecule has 4 saturated carbocycles. The van der Waals surface area contributed by atoms with Gasteiger partial charge in [0, 0.05) is 53.3 Å². The molecule has 12 atom stereocenters. The Morgan fingerprint density at radius 3 is 2.47 bits per heavy atom. The van der Waals surface area contributed by atoms with Crippen molar-refractivity contribution in [2.24, 2.45) is 46.3 Å². The number of aromatic hydroxyl groups is 1. The van der Waals surface area contributed by atoms with Crippen molar-refractivity contribution >= 4 is 45.9 Å².